The second kappa shape index (κ2) is 8.19. The Morgan fingerprint density at radius 1 is 1.33 bits per heavy atom. The number of nitrogens with one attached hydrogen (secondary N) is 1. The molecule has 0 saturated carbocycles. The molecule has 0 saturated heterocycles. The highest BCUT2D eigenvalue weighted by Crippen LogP contribution is 2.26. The summed E-state index contributed by atoms with van der Waals surface area (Å²) >= 11 is 13.8. The number of carboxylic acid groups (broad SMARTS) is 1. The molecule has 1 atom stereocenters. The zero-order valence-corrected chi connectivity index (χ0v) is 15.3. The Labute approximate surface area is 147 Å². The maximum Gasteiger partial charge on any atom is 0.308 e. The first-order valence-corrected chi connectivity index (χ1v) is 8.21. The fourth-order valence-electron chi connectivity index (χ4n) is 1.87. The smallest absolute Gasteiger partial charge is 0.308 e. The van der Waals surface area contributed by atoms with Gasteiger partial charge in [-0.05, 0) is 47.1 Å². The van der Waals surface area contributed by atoms with Crippen molar-refractivity contribution in [1.82, 2.24) is 5.32 Å². The van der Waals surface area contributed by atoms with Gasteiger partial charge in [-0.1, -0.05) is 37.0 Å². The van der Waals surface area contributed by atoms with Crippen LogP contribution >= 0.6 is 45.8 Å². The molecule has 1 aromatic carbocycles. The lowest BCUT2D eigenvalue weighted by Gasteiger charge is -2.16. The number of hydrogen-bond donors (Lipinski definition) is 2. The van der Waals surface area contributed by atoms with E-state index in [2.05, 4.69) is 5.32 Å². The number of carbonyl (C=O) groups excluding carboxylic acids is 1. The quantitative estimate of drug-likeness (QED) is 0.514. The highest BCUT2D eigenvalue weighted by atomic mass is 127. The molecule has 0 heterocycles. The van der Waals surface area contributed by atoms with Gasteiger partial charge in [0.25, 0.3) is 5.91 Å². The van der Waals surface area contributed by atoms with E-state index in [-0.39, 0.29) is 18.4 Å². The molecule has 0 spiro atoms. The van der Waals surface area contributed by atoms with Gasteiger partial charge in [-0.25, -0.2) is 0 Å². The van der Waals surface area contributed by atoms with Crippen LogP contribution in [0.5, 0.6) is 0 Å². The highest BCUT2D eigenvalue weighted by Gasteiger charge is 2.21. The number of carbonyl (C=O) groups is 2. The minimum absolute atomic E-state index is 0.0760. The Kier molecular flexibility index (Phi) is 7.23. The third-order valence-electron chi connectivity index (χ3n) is 2.85. The summed E-state index contributed by atoms with van der Waals surface area (Å²) < 4.78 is 0.590. The van der Waals surface area contributed by atoms with E-state index >= 15 is 0 Å². The van der Waals surface area contributed by atoms with Crippen molar-refractivity contribution < 1.29 is 14.7 Å². The summed E-state index contributed by atoms with van der Waals surface area (Å²) in [5.41, 5.74) is 0.349. The van der Waals surface area contributed by atoms with Crippen molar-refractivity contribution in [3.05, 3.63) is 31.3 Å². The van der Waals surface area contributed by atoms with Gasteiger partial charge in [0.15, 0.2) is 0 Å². The van der Waals surface area contributed by atoms with Gasteiger partial charge < -0.3 is 10.4 Å². The molecule has 1 amide bonds. The summed E-state index contributed by atoms with van der Waals surface area (Å²) in [6.45, 7) is 3.96. The van der Waals surface area contributed by atoms with Crippen molar-refractivity contribution in [1.29, 1.82) is 0 Å². The van der Waals surface area contributed by atoms with Crippen molar-refractivity contribution in [2.75, 3.05) is 6.54 Å². The predicted molar refractivity (Wildman–Crippen MR) is 92.1 cm³/mol. The molecule has 7 heteroatoms. The largest absolute Gasteiger partial charge is 0.481 e. The summed E-state index contributed by atoms with van der Waals surface area (Å²) in [4.78, 5) is 23.3. The van der Waals surface area contributed by atoms with Crippen LogP contribution in [0.3, 0.4) is 0 Å². The molecule has 116 valence electrons. The molecule has 0 aliphatic heterocycles. The molecule has 0 aromatic heterocycles. The molecular formula is C14H16Cl2INO3. The van der Waals surface area contributed by atoms with Crippen molar-refractivity contribution in [2.45, 2.75) is 20.3 Å². The third-order valence-corrected chi connectivity index (χ3v) is 4.85. The molecule has 0 radical (unpaired) electrons. The summed E-state index contributed by atoms with van der Waals surface area (Å²) in [7, 11) is 0. The fourth-order valence-corrected chi connectivity index (χ4v) is 2.92. The minimum atomic E-state index is -0.914. The van der Waals surface area contributed by atoms with E-state index in [9.17, 15) is 9.59 Å². The summed E-state index contributed by atoms with van der Waals surface area (Å²) in [6.07, 6.45) is 0.503. The van der Waals surface area contributed by atoms with Gasteiger partial charge in [-0.3, -0.25) is 9.59 Å². The van der Waals surface area contributed by atoms with Gasteiger partial charge in [0.2, 0.25) is 0 Å². The fraction of sp³-hybridized carbons (Fsp3) is 0.429. The molecule has 2 N–H and O–H groups in total. The van der Waals surface area contributed by atoms with E-state index in [1.54, 1.807) is 6.07 Å². The van der Waals surface area contributed by atoms with Crippen LogP contribution in [-0.2, 0) is 4.79 Å². The first-order chi connectivity index (χ1) is 9.72. The van der Waals surface area contributed by atoms with Crippen LogP contribution in [-0.4, -0.2) is 23.5 Å². The summed E-state index contributed by atoms with van der Waals surface area (Å²) in [5.74, 6) is -1.66. The van der Waals surface area contributed by atoms with Crippen LogP contribution < -0.4 is 5.32 Å². The van der Waals surface area contributed by atoms with Gasteiger partial charge >= 0.3 is 5.97 Å². The average molecular weight is 444 g/mol. The van der Waals surface area contributed by atoms with Crippen molar-refractivity contribution in [2.24, 2.45) is 11.8 Å². The molecule has 21 heavy (non-hydrogen) atoms. The van der Waals surface area contributed by atoms with E-state index in [0.29, 0.717) is 25.6 Å². The number of halogens is 3. The van der Waals surface area contributed by atoms with E-state index in [1.165, 1.54) is 6.07 Å². The maximum atomic E-state index is 12.2. The van der Waals surface area contributed by atoms with Crippen LogP contribution in [0.1, 0.15) is 30.6 Å². The minimum Gasteiger partial charge on any atom is -0.481 e. The van der Waals surface area contributed by atoms with E-state index in [1.807, 2.05) is 36.4 Å². The van der Waals surface area contributed by atoms with Crippen LogP contribution in [0, 0.1) is 15.4 Å². The van der Waals surface area contributed by atoms with E-state index in [0.717, 1.165) is 0 Å². The highest BCUT2D eigenvalue weighted by molar-refractivity contribution is 14.1. The first kappa shape index (κ1) is 18.5. The normalized spacial score (nSPS) is 12.3. The maximum absolute atomic E-state index is 12.2. The number of benzene rings is 1. The van der Waals surface area contributed by atoms with Gasteiger partial charge in [0.05, 0.1) is 16.5 Å². The third kappa shape index (κ3) is 5.64. The van der Waals surface area contributed by atoms with Crippen molar-refractivity contribution in [3.8, 4) is 0 Å². The zero-order valence-electron chi connectivity index (χ0n) is 11.6. The topological polar surface area (TPSA) is 66.4 Å². The SMILES string of the molecule is CC(C)CC(CNC(=O)c1cc(Cl)cc(Cl)c1I)C(=O)O. The Morgan fingerprint density at radius 3 is 2.48 bits per heavy atom. The Hall–Kier alpha value is -0.530. The van der Waals surface area contributed by atoms with E-state index < -0.39 is 11.9 Å². The number of hydrogen-bond acceptors (Lipinski definition) is 2. The molecular weight excluding hydrogens is 428 g/mol. The van der Waals surface area contributed by atoms with Gasteiger partial charge in [0, 0.05) is 15.1 Å². The van der Waals surface area contributed by atoms with Crippen molar-refractivity contribution >= 4 is 57.7 Å². The average Bonchev–Trinajstić information content (AvgIpc) is 2.37. The van der Waals surface area contributed by atoms with Crippen LogP contribution in [0.2, 0.25) is 10.0 Å². The molecule has 4 nitrogen and oxygen atoms in total. The molecule has 0 aliphatic carbocycles. The molecule has 0 bridgehead atoms. The van der Waals surface area contributed by atoms with Gasteiger partial charge in [-0.2, -0.15) is 0 Å². The van der Waals surface area contributed by atoms with E-state index in [4.69, 9.17) is 28.3 Å². The summed E-state index contributed by atoms with van der Waals surface area (Å²) in [6, 6.07) is 3.07. The predicted octanol–water partition coefficient (Wildman–Crippen LogP) is 4.07. The Morgan fingerprint density at radius 2 is 1.95 bits per heavy atom. The van der Waals surface area contributed by atoms with Gasteiger partial charge in [0.1, 0.15) is 0 Å². The molecule has 1 unspecified atom stereocenters. The van der Waals surface area contributed by atoms with Gasteiger partial charge in [-0.15, -0.1) is 0 Å². The number of carboxylic acids is 1. The standard InChI is InChI=1S/C14H16Cl2INO3/c1-7(2)3-8(14(20)21)6-18-13(19)10-4-9(15)5-11(16)12(10)17/h4-5,7-8H,3,6H2,1-2H3,(H,18,19)(H,20,21). The second-order valence-corrected chi connectivity index (χ2v) is 7.05. The van der Waals surface area contributed by atoms with Crippen molar-refractivity contribution in [3.63, 3.8) is 0 Å². The number of rotatable bonds is 6. The van der Waals surface area contributed by atoms with Crippen LogP contribution in [0.15, 0.2) is 12.1 Å². The molecule has 0 aliphatic rings. The second-order valence-electron chi connectivity index (χ2n) is 5.12. The zero-order chi connectivity index (χ0) is 16.2. The Bertz CT molecular complexity index is 549. The van der Waals surface area contributed by atoms with Crippen LogP contribution in [0.25, 0.3) is 0 Å². The lowest BCUT2D eigenvalue weighted by molar-refractivity contribution is -0.142. The molecule has 1 rings (SSSR count). The lowest BCUT2D eigenvalue weighted by Crippen LogP contribution is -2.34. The summed E-state index contributed by atoms with van der Waals surface area (Å²) in [5, 5.41) is 12.5. The lowest BCUT2D eigenvalue weighted by atomic mass is 9.97. The number of amides is 1. The molecule has 0 fully saturated rings. The number of aliphatic carboxylic acids is 1. The van der Waals surface area contributed by atoms with Crippen LogP contribution in [0.4, 0.5) is 0 Å². The molecule has 1 aromatic rings. The monoisotopic (exact) mass is 443 g/mol. The Balaban J connectivity index is 2.79. The first-order valence-electron chi connectivity index (χ1n) is 6.38.